The maximum Gasteiger partial charge on any atom is 0.195 e. The molecule has 0 aliphatic carbocycles. The molecule has 80 valence electrons. The first kappa shape index (κ1) is 9.40. The molecule has 2 heteroatoms. The zero-order chi connectivity index (χ0) is 11.1. The molecule has 0 N–H and O–H groups in total. The smallest absolute Gasteiger partial charge is 0.195 e. The molecule has 0 radical (unpaired) electrons. The monoisotopic (exact) mass is 211 g/mol. The Hall–Kier alpha value is -1.83. The van der Waals surface area contributed by atoms with E-state index in [1.165, 1.54) is 16.3 Å². The summed E-state index contributed by atoms with van der Waals surface area (Å²) in [5.74, 6) is 0.811. The van der Waals surface area contributed by atoms with Gasteiger partial charge in [0.05, 0.1) is 0 Å². The van der Waals surface area contributed by atoms with Crippen LogP contribution in [0.15, 0.2) is 34.7 Å². The average Bonchev–Trinajstić information content (AvgIpc) is 2.72. The summed E-state index contributed by atoms with van der Waals surface area (Å²) in [4.78, 5) is 4.53. The Labute approximate surface area is 93.9 Å². The van der Waals surface area contributed by atoms with E-state index in [9.17, 15) is 0 Å². The van der Waals surface area contributed by atoms with E-state index in [4.69, 9.17) is 4.42 Å². The van der Waals surface area contributed by atoms with Crippen LogP contribution in [0.4, 0.5) is 0 Å². The van der Waals surface area contributed by atoms with Crippen molar-refractivity contribution in [2.24, 2.45) is 0 Å². The second-order valence-electron chi connectivity index (χ2n) is 4.05. The zero-order valence-electron chi connectivity index (χ0n) is 9.45. The molecule has 16 heavy (non-hydrogen) atoms. The van der Waals surface area contributed by atoms with Gasteiger partial charge in [0.2, 0.25) is 0 Å². The molecule has 1 heterocycles. The third-order valence-corrected chi connectivity index (χ3v) is 2.95. The molecular formula is C14H13NO. The first-order valence-corrected chi connectivity index (χ1v) is 5.57. The maximum absolute atomic E-state index is 5.70. The highest BCUT2D eigenvalue weighted by atomic mass is 16.3. The largest absolute Gasteiger partial charge is 0.441 e. The van der Waals surface area contributed by atoms with Crippen LogP contribution in [0.2, 0.25) is 0 Å². The van der Waals surface area contributed by atoms with Crippen LogP contribution in [0.25, 0.3) is 21.9 Å². The zero-order valence-corrected chi connectivity index (χ0v) is 9.45. The van der Waals surface area contributed by atoms with Crippen LogP contribution in [0.5, 0.6) is 0 Å². The van der Waals surface area contributed by atoms with Gasteiger partial charge in [-0.3, -0.25) is 0 Å². The van der Waals surface area contributed by atoms with E-state index in [0.717, 1.165) is 23.4 Å². The van der Waals surface area contributed by atoms with Gasteiger partial charge in [0.1, 0.15) is 5.52 Å². The minimum atomic E-state index is 0.811. The van der Waals surface area contributed by atoms with Crippen molar-refractivity contribution >= 4 is 21.9 Å². The third-order valence-electron chi connectivity index (χ3n) is 2.95. The summed E-state index contributed by atoms with van der Waals surface area (Å²) < 4.78 is 5.70. The van der Waals surface area contributed by atoms with Gasteiger partial charge in [-0.25, -0.2) is 4.98 Å². The van der Waals surface area contributed by atoms with Crippen LogP contribution < -0.4 is 0 Å². The number of oxazole rings is 1. The van der Waals surface area contributed by atoms with Gasteiger partial charge in [-0.1, -0.05) is 31.2 Å². The minimum absolute atomic E-state index is 0.811. The second kappa shape index (κ2) is 3.34. The maximum atomic E-state index is 5.70. The Morgan fingerprint density at radius 3 is 2.69 bits per heavy atom. The molecule has 0 unspecified atom stereocenters. The van der Waals surface area contributed by atoms with E-state index in [2.05, 4.69) is 43.1 Å². The van der Waals surface area contributed by atoms with Gasteiger partial charge in [-0.05, 0) is 23.9 Å². The van der Waals surface area contributed by atoms with Crippen molar-refractivity contribution in [3.63, 3.8) is 0 Å². The van der Waals surface area contributed by atoms with Crippen LogP contribution in [-0.2, 0) is 6.42 Å². The van der Waals surface area contributed by atoms with Crippen molar-refractivity contribution in [1.29, 1.82) is 0 Å². The molecule has 0 atom stereocenters. The number of benzene rings is 2. The number of aryl methyl sites for hydroxylation is 2. The lowest BCUT2D eigenvalue weighted by atomic mass is 10.0. The summed E-state index contributed by atoms with van der Waals surface area (Å²) in [6.07, 6.45) is 0.835. The number of hydrogen-bond acceptors (Lipinski definition) is 2. The predicted molar refractivity (Wildman–Crippen MR) is 65.6 cm³/mol. The molecule has 0 spiro atoms. The number of aromatic nitrogens is 1. The van der Waals surface area contributed by atoms with Crippen molar-refractivity contribution in [2.75, 3.05) is 0 Å². The van der Waals surface area contributed by atoms with Crippen LogP contribution in [-0.4, -0.2) is 4.98 Å². The topological polar surface area (TPSA) is 26.0 Å². The summed E-state index contributed by atoms with van der Waals surface area (Å²) >= 11 is 0. The first-order valence-electron chi connectivity index (χ1n) is 5.57. The molecule has 2 aromatic carbocycles. The summed E-state index contributed by atoms with van der Waals surface area (Å²) in [7, 11) is 0. The summed E-state index contributed by atoms with van der Waals surface area (Å²) in [5.41, 5.74) is 3.12. The molecular weight excluding hydrogens is 198 g/mol. The molecule has 3 aromatic rings. The number of rotatable bonds is 1. The Morgan fingerprint density at radius 2 is 1.94 bits per heavy atom. The van der Waals surface area contributed by atoms with Crippen molar-refractivity contribution in [2.45, 2.75) is 20.3 Å². The van der Waals surface area contributed by atoms with Crippen LogP contribution in [0.1, 0.15) is 18.4 Å². The van der Waals surface area contributed by atoms with Crippen molar-refractivity contribution in [3.8, 4) is 0 Å². The lowest BCUT2D eigenvalue weighted by Crippen LogP contribution is -1.80. The van der Waals surface area contributed by atoms with Crippen molar-refractivity contribution in [3.05, 3.63) is 41.8 Å². The molecule has 1 aromatic heterocycles. The summed E-state index contributed by atoms with van der Waals surface area (Å²) in [5, 5.41) is 2.44. The van der Waals surface area contributed by atoms with E-state index in [-0.39, 0.29) is 0 Å². The lowest BCUT2D eigenvalue weighted by molar-refractivity contribution is 0.538. The summed E-state index contributed by atoms with van der Waals surface area (Å²) in [6.45, 7) is 4.16. The van der Waals surface area contributed by atoms with Gasteiger partial charge in [0.25, 0.3) is 0 Å². The molecule has 0 amide bonds. The molecule has 0 fully saturated rings. The molecule has 0 aliphatic heterocycles. The standard InChI is InChI=1S/C14H13NO/c1-3-13-15-14-11-7-5-4-6-10(11)9(2)8-12(14)16-13/h4-8H,3H2,1-2H3. The van der Waals surface area contributed by atoms with Gasteiger partial charge in [0.15, 0.2) is 11.5 Å². The fourth-order valence-corrected chi connectivity index (χ4v) is 2.13. The molecule has 0 saturated heterocycles. The quantitative estimate of drug-likeness (QED) is 0.611. The van der Waals surface area contributed by atoms with E-state index in [0.29, 0.717) is 0 Å². The fourth-order valence-electron chi connectivity index (χ4n) is 2.13. The summed E-state index contributed by atoms with van der Waals surface area (Å²) in [6, 6.07) is 10.4. The highest BCUT2D eigenvalue weighted by Crippen LogP contribution is 2.28. The van der Waals surface area contributed by atoms with Gasteiger partial charge in [-0.2, -0.15) is 0 Å². The Morgan fingerprint density at radius 1 is 1.19 bits per heavy atom. The van der Waals surface area contributed by atoms with Crippen LogP contribution in [0, 0.1) is 6.92 Å². The normalized spacial score (nSPS) is 11.4. The van der Waals surface area contributed by atoms with Crippen LogP contribution in [0.3, 0.4) is 0 Å². The Balaban J connectivity index is 2.52. The minimum Gasteiger partial charge on any atom is -0.441 e. The molecule has 0 saturated carbocycles. The fraction of sp³-hybridized carbons (Fsp3) is 0.214. The Kier molecular flexibility index (Phi) is 1.96. The van der Waals surface area contributed by atoms with E-state index >= 15 is 0 Å². The SMILES string of the molecule is CCc1nc2c(cc(C)c3ccccc32)o1. The third kappa shape index (κ3) is 1.23. The van der Waals surface area contributed by atoms with Gasteiger partial charge < -0.3 is 4.42 Å². The molecule has 0 aliphatic rings. The van der Waals surface area contributed by atoms with Gasteiger partial charge in [0, 0.05) is 11.8 Å². The molecule has 0 bridgehead atoms. The van der Waals surface area contributed by atoms with Crippen LogP contribution >= 0.6 is 0 Å². The lowest BCUT2D eigenvalue weighted by Gasteiger charge is -2.01. The second-order valence-corrected chi connectivity index (χ2v) is 4.05. The highest BCUT2D eigenvalue weighted by Gasteiger charge is 2.09. The van der Waals surface area contributed by atoms with Gasteiger partial charge in [-0.15, -0.1) is 0 Å². The van der Waals surface area contributed by atoms with E-state index in [1.54, 1.807) is 0 Å². The number of hydrogen-bond donors (Lipinski definition) is 0. The predicted octanol–water partition coefficient (Wildman–Crippen LogP) is 3.85. The average molecular weight is 211 g/mol. The first-order chi connectivity index (χ1) is 7.79. The molecule has 2 nitrogen and oxygen atoms in total. The van der Waals surface area contributed by atoms with E-state index in [1.807, 2.05) is 6.07 Å². The van der Waals surface area contributed by atoms with Crippen molar-refractivity contribution < 1.29 is 4.42 Å². The number of nitrogens with zero attached hydrogens (tertiary/aromatic N) is 1. The van der Waals surface area contributed by atoms with Crippen molar-refractivity contribution in [1.82, 2.24) is 4.98 Å². The number of fused-ring (bicyclic) bond motifs is 3. The Bertz CT molecular complexity index is 667. The van der Waals surface area contributed by atoms with E-state index < -0.39 is 0 Å². The molecule has 3 rings (SSSR count). The highest BCUT2D eigenvalue weighted by molar-refractivity contribution is 6.05. The van der Waals surface area contributed by atoms with Gasteiger partial charge >= 0.3 is 0 Å².